The third-order valence-corrected chi connectivity index (χ3v) is 2.86. The first-order valence-electron chi connectivity index (χ1n) is 4.75. The number of hydrogen-bond acceptors (Lipinski definition) is 5. The SMILES string of the molecule is COC(=O)c1nc(Br)c2cccnc2c1OC. The smallest absolute Gasteiger partial charge is 0.360 e. The molecule has 0 fully saturated rings. The largest absolute Gasteiger partial charge is 0.492 e. The summed E-state index contributed by atoms with van der Waals surface area (Å²) in [4.78, 5) is 19.9. The summed E-state index contributed by atoms with van der Waals surface area (Å²) in [5.74, 6) is -0.245. The molecule has 0 saturated carbocycles. The third-order valence-electron chi connectivity index (χ3n) is 2.25. The highest BCUT2D eigenvalue weighted by atomic mass is 79.9. The Hall–Kier alpha value is -1.69. The zero-order valence-corrected chi connectivity index (χ0v) is 10.8. The molecule has 0 aliphatic heterocycles. The number of nitrogens with zero attached hydrogens (tertiary/aromatic N) is 2. The number of halogens is 1. The van der Waals surface area contributed by atoms with Crippen LogP contribution in [0.25, 0.3) is 10.9 Å². The van der Waals surface area contributed by atoms with Crippen molar-refractivity contribution in [1.82, 2.24) is 9.97 Å². The van der Waals surface area contributed by atoms with E-state index in [-0.39, 0.29) is 5.69 Å². The first kappa shape index (κ1) is 11.8. The Morgan fingerprint density at radius 3 is 2.82 bits per heavy atom. The Morgan fingerprint density at radius 1 is 1.41 bits per heavy atom. The number of aromatic nitrogens is 2. The number of fused-ring (bicyclic) bond motifs is 1. The molecule has 6 heteroatoms. The van der Waals surface area contributed by atoms with E-state index in [0.29, 0.717) is 15.9 Å². The van der Waals surface area contributed by atoms with E-state index in [1.165, 1.54) is 14.2 Å². The maximum absolute atomic E-state index is 11.6. The van der Waals surface area contributed by atoms with Crippen molar-refractivity contribution in [2.75, 3.05) is 14.2 Å². The number of ether oxygens (including phenoxy) is 2. The minimum Gasteiger partial charge on any atom is -0.492 e. The van der Waals surface area contributed by atoms with Gasteiger partial charge in [-0.3, -0.25) is 4.98 Å². The van der Waals surface area contributed by atoms with Crippen LogP contribution in [0.4, 0.5) is 0 Å². The van der Waals surface area contributed by atoms with Gasteiger partial charge in [-0.2, -0.15) is 0 Å². The average Bonchev–Trinajstić information content (AvgIpc) is 2.38. The lowest BCUT2D eigenvalue weighted by Crippen LogP contribution is -2.08. The highest BCUT2D eigenvalue weighted by molar-refractivity contribution is 9.10. The Balaban J connectivity index is 2.82. The molecule has 0 unspecified atom stereocenters. The number of carbonyl (C=O) groups excluding carboxylic acids is 1. The molecular formula is C11H9BrN2O3. The van der Waals surface area contributed by atoms with Gasteiger partial charge in [-0.25, -0.2) is 9.78 Å². The Labute approximate surface area is 106 Å². The molecule has 0 radical (unpaired) electrons. The summed E-state index contributed by atoms with van der Waals surface area (Å²) in [5.41, 5.74) is 0.672. The number of hydrogen-bond donors (Lipinski definition) is 0. The van der Waals surface area contributed by atoms with Crippen molar-refractivity contribution in [2.24, 2.45) is 0 Å². The molecule has 2 rings (SSSR count). The summed E-state index contributed by atoms with van der Waals surface area (Å²) >= 11 is 3.29. The van der Waals surface area contributed by atoms with Gasteiger partial charge < -0.3 is 9.47 Å². The van der Waals surface area contributed by atoms with Crippen LogP contribution in [0.2, 0.25) is 0 Å². The second-order valence-electron chi connectivity index (χ2n) is 3.18. The first-order chi connectivity index (χ1) is 8.19. The topological polar surface area (TPSA) is 61.3 Å². The summed E-state index contributed by atoms with van der Waals surface area (Å²) in [5, 5.41) is 0.775. The quantitative estimate of drug-likeness (QED) is 0.628. The minimum absolute atomic E-state index is 0.105. The predicted octanol–water partition coefficient (Wildman–Crippen LogP) is 2.19. The van der Waals surface area contributed by atoms with Gasteiger partial charge in [-0.05, 0) is 28.1 Å². The third kappa shape index (κ3) is 1.95. The molecule has 88 valence electrons. The van der Waals surface area contributed by atoms with Crippen molar-refractivity contribution in [2.45, 2.75) is 0 Å². The van der Waals surface area contributed by atoms with Crippen molar-refractivity contribution < 1.29 is 14.3 Å². The molecule has 0 bridgehead atoms. The molecule has 0 spiro atoms. The minimum atomic E-state index is -0.560. The van der Waals surface area contributed by atoms with Gasteiger partial charge in [0.15, 0.2) is 11.4 Å². The Kier molecular flexibility index (Phi) is 3.23. The van der Waals surface area contributed by atoms with Crippen molar-refractivity contribution in [1.29, 1.82) is 0 Å². The fourth-order valence-corrected chi connectivity index (χ4v) is 2.00. The molecule has 17 heavy (non-hydrogen) atoms. The number of pyridine rings is 2. The molecule has 2 heterocycles. The first-order valence-corrected chi connectivity index (χ1v) is 5.55. The number of esters is 1. The van der Waals surface area contributed by atoms with Crippen molar-refractivity contribution in [3.8, 4) is 5.75 Å². The highest BCUT2D eigenvalue weighted by Gasteiger charge is 2.20. The molecule has 0 saturated heterocycles. The molecule has 0 atom stereocenters. The van der Waals surface area contributed by atoms with E-state index in [9.17, 15) is 4.79 Å². The van der Waals surface area contributed by atoms with Crippen LogP contribution >= 0.6 is 15.9 Å². The molecule has 2 aromatic heterocycles. The van der Waals surface area contributed by atoms with E-state index in [2.05, 4.69) is 30.6 Å². The molecule has 0 amide bonds. The van der Waals surface area contributed by atoms with Crippen LogP contribution in [0, 0.1) is 0 Å². The Bertz CT molecular complexity index is 586. The fourth-order valence-electron chi connectivity index (χ4n) is 1.50. The number of carbonyl (C=O) groups is 1. The highest BCUT2D eigenvalue weighted by Crippen LogP contribution is 2.31. The number of methoxy groups -OCH3 is 2. The van der Waals surface area contributed by atoms with Crippen molar-refractivity contribution >= 4 is 32.8 Å². The molecule has 0 N–H and O–H groups in total. The molecule has 0 aromatic carbocycles. The van der Waals surface area contributed by atoms with Crippen LogP contribution in [0.3, 0.4) is 0 Å². The van der Waals surface area contributed by atoms with Crippen LogP contribution in [0.1, 0.15) is 10.5 Å². The van der Waals surface area contributed by atoms with Crippen LogP contribution in [-0.4, -0.2) is 30.2 Å². The van der Waals surface area contributed by atoms with E-state index >= 15 is 0 Å². The van der Waals surface area contributed by atoms with E-state index < -0.39 is 5.97 Å². The average molecular weight is 297 g/mol. The van der Waals surface area contributed by atoms with Gasteiger partial charge in [0.25, 0.3) is 0 Å². The molecular weight excluding hydrogens is 288 g/mol. The van der Waals surface area contributed by atoms with Gasteiger partial charge in [-0.15, -0.1) is 0 Å². The van der Waals surface area contributed by atoms with Crippen LogP contribution in [-0.2, 0) is 4.74 Å². The van der Waals surface area contributed by atoms with Crippen LogP contribution in [0.15, 0.2) is 22.9 Å². The normalized spacial score (nSPS) is 10.3. The summed E-state index contributed by atoms with van der Waals surface area (Å²) < 4.78 is 10.4. The summed E-state index contributed by atoms with van der Waals surface area (Å²) in [7, 11) is 2.76. The zero-order chi connectivity index (χ0) is 12.4. The fraction of sp³-hybridized carbons (Fsp3) is 0.182. The van der Waals surface area contributed by atoms with E-state index in [0.717, 1.165) is 5.39 Å². The lowest BCUT2D eigenvalue weighted by molar-refractivity contribution is 0.0590. The van der Waals surface area contributed by atoms with Crippen LogP contribution in [0.5, 0.6) is 5.75 Å². The van der Waals surface area contributed by atoms with Gasteiger partial charge in [0.1, 0.15) is 10.1 Å². The van der Waals surface area contributed by atoms with Gasteiger partial charge in [0, 0.05) is 11.6 Å². The molecule has 2 aromatic rings. The van der Waals surface area contributed by atoms with Gasteiger partial charge in [0.2, 0.25) is 0 Å². The summed E-state index contributed by atoms with van der Waals surface area (Å²) in [6, 6.07) is 3.62. The molecule has 0 aliphatic rings. The maximum Gasteiger partial charge on any atom is 0.360 e. The van der Waals surface area contributed by atoms with Crippen LogP contribution < -0.4 is 4.74 Å². The molecule has 0 aliphatic carbocycles. The van der Waals surface area contributed by atoms with E-state index in [1.807, 2.05) is 6.07 Å². The maximum atomic E-state index is 11.6. The van der Waals surface area contributed by atoms with Gasteiger partial charge in [-0.1, -0.05) is 0 Å². The van der Waals surface area contributed by atoms with E-state index in [1.54, 1.807) is 12.3 Å². The second-order valence-corrected chi connectivity index (χ2v) is 3.93. The van der Waals surface area contributed by atoms with Crippen molar-refractivity contribution in [3.63, 3.8) is 0 Å². The molecule has 5 nitrogen and oxygen atoms in total. The van der Waals surface area contributed by atoms with Gasteiger partial charge in [0.05, 0.1) is 14.2 Å². The monoisotopic (exact) mass is 296 g/mol. The Morgan fingerprint density at radius 2 is 2.18 bits per heavy atom. The second kappa shape index (κ2) is 4.67. The standard InChI is InChI=1S/C11H9BrN2O3/c1-16-9-7-6(4-3-5-13-7)10(12)14-8(9)11(15)17-2/h3-5H,1-2H3. The van der Waals surface area contributed by atoms with Gasteiger partial charge >= 0.3 is 5.97 Å². The predicted molar refractivity (Wildman–Crippen MR) is 65.1 cm³/mol. The van der Waals surface area contributed by atoms with E-state index in [4.69, 9.17) is 4.74 Å². The van der Waals surface area contributed by atoms with Crippen molar-refractivity contribution in [3.05, 3.63) is 28.6 Å². The number of rotatable bonds is 2. The summed E-state index contributed by atoms with van der Waals surface area (Å²) in [6.07, 6.45) is 1.62. The zero-order valence-electron chi connectivity index (χ0n) is 9.23. The summed E-state index contributed by atoms with van der Waals surface area (Å²) in [6.45, 7) is 0. The lowest BCUT2D eigenvalue weighted by Gasteiger charge is -2.09. The lowest BCUT2D eigenvalue weighted by atomic mass is 10.2.